The molecule has 12 heteroatoms. The first-order chi connectivity index (χ1) is 16.6. The summed E-state index contributed by atoms with van der Waals surface area (Å²) in [6, 6.07) is 5.07. The molecule has 0 saturated carbocycles. The number of likely N-dealkylation sites (N-methyl/N-ethyl adjacent to an activating group) is 1. The summed E-state index contributed by atoms with van der Waals surface area (Å²) in [6.07, 6.45) is 0. The normalized spacial score (nSPS) is 15.3. The van der Waals surface area contributed by atoms with Crippen LogP contribution in [0.5, 0.6) is 11.5 Å². The molecule has 2 radical (unpaired) electrons. The Bertz CT molecular complexity index is 1770. The van der Waals surface area contributed by atoms with Crippen molar-refractivity contribution in [1.82, 2.24) is 4.98 Å². The van der Waals surface area contributed by atoms with Crippen LogP contribution in [-0.4, -0.2) is 58.3 Å². The number of benzene rings is 3. The maximum Gasteiger partial charge on any atom is 0.196 e. The number of nitrogens with zero attached hydrogens (tertiary/aromatic N) is 3. The largest absolute Gasteiger partial charge is 0.693 e. The zero-order chi connectivity index (χ0) is 24.8. The second-order valence-corrected chi connectivity index (χ2v) is 9.50. The number of fused-ring (bicyclic) bond motifs is 6. The van der Waals surface area contributed by atoms with E-state index in [0.29, 0.717) is 59.5 Å². The van der Waals surface area contributed by atoms with E-state index in [1.54, 1.807) is 39.1 Å². The van der Waals surface area contributed by atoms with Gasteiger partial charge in [-0.2, -0.15) is 4.65 Å². The van der Waals surface area contributed by atoms with Crippen LogP contribution in [0.1, 0.15) is 11.3 Å². The SMILES string of the molecule is Cc1cc2c(o1)c(C)c(=O)c1c(O)c([NH-])c3oc4cc(N5CC[N+](C)(O)CC5)cc(O)c4nc3c12.[Ac].[Ac]. The van der Waals surface area contributed by atoms with E-state index in [4.69, 9.17) is 14.6 Å². The molecule has 3 aromatic carbocycles. The monoisotopic (exact) mass is 930 g/mol. The minimum Gasteiger partial charge on any atom is -0.693 e. The minimum absolute atomic E-state index is 0. The number of hydroxylamine groups is 3. The molecule has 1 aliphatic heterocycles. The van der Waals surface area contributed by atoms with Crippen molar-refractivity contribution in [3.05, 3.63) is 45.5 Å². The number of anilines is 1. The third-order valence-electron chi connectivity index (χ3n) is 6.98. The fourth-order valence-corrected chi connectivity index (χ4v) is 4.99. The average molecular weight is 930 g/mol. The third-order valence-corrected chi connectivity index (χ3v) is 6.98. The zero-order valence-corrected chi connectivity index (χ0v) is 30.1. The van der Waals surface area contributed by atoms with Crippen molar-refractivity contribution in [3.8, 4) is 11.5 Å². The minimum atomic E-state index is -0.484. The maximum absolute atomic E-state index is 13.1. The van der Waals surface area contributed by atoms with Crippen molar-refractivity contribution in [2.75, 3.05) is 38.1 Å². The number of piperazine rings is 1. The molecule has 186 valence electrons. The molecule has 1 aliphatic rings. The summed E-state index contributed by atoms with van der Waals surface area (Å²) in [5.41, 5.74) is 9.74. The summed E-state index contributed by atoms with van der Waals surface area (Å²) < 4.78 is 11.8. The summed E-state index contributed by atoms with van der Waals surface area (Å²) in [7, 11) is 1.75. The van der Waals surface area contributed by atoms with E-state index in [1.165, 1.54) is 0 Å². The third kappa shape index (κ3) is 4.56. The van der Waals surface area contributed by atoms with Crippen LogP contribution in [0.4, 0.5) is 11.4 Å². The molecule has 10 nitrogen and oxygen atoms in total. The van der Waals surface area contributed by atoms with E-state index in [0.717, 1.165) is 0 Å². The van der Waals surface area contributed by atoms with E-state index in [-0.39, 0.29) is 132 Å². The van der Waals surface area contributed by atoms with Crippen molar-refractivity contribution in [1.29, 1.82) is 0 Å². The van der Waals surface area contributed by atoms with Gasteiger partial charge in [0.15, 0.2) is 11.0 Å². The van der Waals surface area contributed by atoms with E-state index < -0.39 is 11.2 Å². The van der Waals surface area contributed by atoms with Crippen LogP contribution in [0.2, 0.25) is 0 Å². The van der Waals surface area contributed by atoms with Crippen molar-refractivity contribution in [2.45, 2.75) is 13.8 Å². The van der Waals surface area contributed by atoms with Crippen LogP contribution < -0.4 is 10.3 Å². The van der Waals surface area contributed by atoms with E-state index >= 15 is 0 Å². The summed E-state index contributed by atoms with van der Waals surface area (Å²) in [6.45, 7) is 5.59. The summed E-state index contributed by atoms with van der Waals surface area (Å²) >= 11 is 0. The molecule has 4 N–H and O–H groups in total. The second-order valence-electron chi connectivity index (χ2n) is 9.50. The first kappa shape index (κ1) is 28.9. The average Bonchev–Trinajstić information content (AvgIpc) is 3.20. The molecule has 0 aliphatic carbocycles. The number of aromatic nitrogens is 1. The topological polar surface area (TPSA) is 144 Å². The molecule has 0 bridgehead atoms. The number of phenols is 2. The Balaban J connectivity index is 0.00000160. The van der Waals surface area contributed by atoms with Gasteiger partial charge in [-0.05, 0) is 19.9 Å². The van der Waals surface area contributed by atoms with Crippen LogP contribution in [-0.2, 0) is 0 Å². The first-order valence-electron chi connectivity index (χ1n) is 11.3. The standard InChI is InChI=1S/C25H24N4O6.2Ac/c1-11-8-14-17-18(22(31)12(2)24(14)34-11)23(32)19(26)25-21(17)27-20-15(30)9-13(10-16(20)35-25)28-4-6-29(3,33)7-5-28;;/h8-10,33H,4-7H2,1-3H3,(H3-,26,27,30,31,32);;. The Morgan fingerprint density at radius 1 is 1.00 bits per heavy atom. The Morgan fingerprint density at radius 3 is 2.35 bits per heavy atom. The predicted molar refractivity (Wildman–Crippen MR) is 132 cm³/mol. The maximum atomic E-state index is 13.1. The van der Waals surface area contributed by atoms with Gasteiger partial charge in [-0.15, -0.1) is 0 Å². The molecule has 5 aromatic rings. The van der Waals surface area contributed by atoms with Gasteiger partial charge in [0.25, 0.3) is 0 Å². The summed E-state index contributed by atoms with van der Waals surface area (Å²) in [5, 5.41) is 32.8. The van der Waals surface area contributed by atoms with Gasteiger partial charge in [0.1, 0.15) is 52.5 Å². The smallest absolute Gasteiger partial charge is 0.196 e. The van der Waals surface area contributed by atoms with Crippen molar-refractivity contribution >= 4 is 55.3 Å². The molecule has 0 atom stereocenters. The van der Waals surface area contributed by atoms with Gasteiger partial charge in [-0.25, -0.2) is 10.2 Å². The molecule has 3 heterocycles. The fraction of sp³-hybridized carbons (Fsp3) is 0.280. The number of hydrogen-bond donors (Lipinski definition) is 3. The van der Waals surface area contributed by atoms with Gasteiger partial charge in [0, 0.05) is 122 Å². The van der Waals surface area contributed by atoms with Gasteiger partial charge in [-0.1, -0.05) is 5.69 Å². The van der Waals surface area contributed by atoms with Crippen LogP contribution in [0.3, 0.4) is 0 Å². The van der Waals surface area contributed by atoms with Gasteiger partial charge >= 0.3 is 0 Å². The fourth-order valence-electron chi connectivity index (χ4n) is 4.99. The molecule has 1 fully saturated rings. The van der Waals surface area contributed by atoms with E-state index in [2.05, 4.69) is 4.98 Å². The number of hydrogen-bond acceptors (Lipinski definition) is 8. The Morgan fingerprint density at radius 2 is 1.68 bits per heavy atom. The number of nitrogens with one attached hydrogen (secondary N) is 1. The van der Waals surface area contributed by atoms with Crippen molar-refractivity contribution in [2.24, 2.45) is 0 Å². The number of aromatic hydroxyl groups is 2. The van der Waals surface area contributed by atoms with E-state index in [1.807, 2.05) is 4.90 Å². The van der Waals surface area contributed by atoms with Gasteiger partial charge in [0.05, 0.1) is 25.5 Å². The molecule has 2 aromatic heterocycles. The predicted octanol–water partition coefficient (Wildman–Crippen LogP) is 4.61. The summed E-state index contributed by atoms with van der Waals surface area (Å²) in [4.78, 5) is 19.8. The van der Waals surface area contributed by atoms with Gasteiger partial charge < -0.3 is 29.7 Å². The number of furan rings is 1. The Labute approximate surface area is 282 Å². The van der Waals surface area contributed by atoms with Crippen LogP contribution in [0.25, 0.3) is 49.7 Å². The molecule has 37 heavy (non-hydrogen) atoms. The summed E-state index contributed by atoms with van der Waals surface area (Å²) in [5.74, 6) is -0.0126. The number of phenolic OH excluding ortho intramolecular Hbond substituents is 2. The molecule has 6 rings (SSSR count). The van der Waals surface area contributed by atoms with Gasteiger partial charge in [0.2, 0.25) is 0 Å². The van der Waals surface area contributed by atoms with Crippen LogP contribution in [0.15, 0.2) is 31.8 Å². The molecule has 0 amide bonds. The number of aryl methyl sites for hydroxylation is 2. The van der Waals surface area contributed by atoms with Crippen LogP contribution in [0, 0.1) is 102 Å². The Kier molecular flexibility index (Phi) is 7.89. The molecular weight excluding hydrogens is 906 g/mol. The second kappa shape index (κ2) is 10.1. The molecular formula is C25H24Ac2N4O6. The zero-order valence-electron chi connectivity index (χ0n) is 20.6. The number of quaternary nitrogens is 1. The quantitative estimate of drug-likeness (QED) is 0.0959. The first-order valence-corrected chi connectivity index (χ1v) is 11.3. The van der Waals surface area contributed by atoms with E-state index in [9.17, 15) is 20.2 Å². The molecule has 1 saturated heterocycles. The number of rotatable bonds is 1. The molecule has 0 unspecified atom stereocenters. The van der Waals surface area contributed by atoms with Crippen LogP contribution >= 0.6 is 0 Å². The van der Waals surface area contributed by atoms with Crippen molar-refractivity contribution < 1.29 is 117 Å². The molecule has 0 spiro atoms. The van der Waals surface area contributed by atoms with Crippen molar-refractivity contribution in [3.63, 3.8) is 0 Å². The Hall–Kier alpha value is -1.14. The van der Waals surface area contributed by atoms with Gasteiger partial charge in [-0.3, -0.25) is 4.79 Å².